The van der Waals surface area contributed by atoms with Gasteiger partial charge in [0.2, 0.25) is 0 Å². The molecule has 2 spiro atoms. The van der Waals surface area contributed by atoms with E-state index in [1.54, 1.807) is 0 Å². The predicted octanol–water partition coefficient (Wildman–Crippen LogP) is 24.5. The van der Waals surface area contributed by atoms with Gasteiger partial charge in [0.25, 0.3) is 0 Å². The minimum absolute atomic E-state index is 0.530. The van der Waals surface area contributed by atoms with Crippen LogP contribution in [0.25, 0.3) is 154 Å². The average molecular weight is 1190 g/mol. The van der Waals surface area contributed by atoms with Crippen molar-refractivity contribution in [3.8, 4) is 100 Å². The zero-order chi connectivity index (χ0) is 61.4. The number of hydrogen-bond donors (Lipinski definition) is 0. The third-order valence-electron chi connectivity index (χ3n) is 22.0. The molecule has 0 aliphatic heterocycles. The van der Waals surface area contributed by atoms with Gasteiger partial charge < -0.3 is 0 Å². The van der Waals surface area contributed by atoms with E-state index in [0.29, 0.717) is 0 Å². The Morgan fingerprint density at radius 1 is 0.138 bits per heavy atom. The van der Waals surface area contributed by atoms with Crippen molar-refractivity contribution in [3.05, 3.63) is 384 Å². The number of fused-ring (bicyclic) bond motifs is 26. The third kappa shape index (κ3) is 6.76. The van der Waals surface area contributed by atoms with Gasteiger partial charge >= 0.3 is 0 Å². The van der Waals surface area contributed by atoms with Crippen LogP contribution in [0.3, 0.4) is 0 Å². The van der Waals surface area contributed by atoms with Gasteiger partial charge in [0.05, 0.1) is 10.8 Å². The van der Waals surface area contributed by atoms with Crippen LogP contribution in [0.15, 0.2) is 340 Å². The Labute approximate surface area is 545 Å². The van der Waals surface area contributed by atoms with Crippen molar-refractivity contribution in [2.75, 3.05) is 0 Å². The molecule has 21 rings (SSSR count). The number of hydrogen-bond acceptors (Lipinski definition) is 0. The minimum atomic E-state index is -0.530. The molecule has 0 heterocycles. The van der Waals surface area contributed by atoms with Gasteiger partial charge in [-0.25, -0.2) is 0 Å². The average Bonchev–Trinajstić information content (AvgIpc) is 1.54. The Balaban J connectivity index is 0.942. The van der Waals surface area contributed by atoms with E-state index in [1.807, 2.05) is 0 Å². The van der Waals surface area contributed by atoms with Crippen LogP contribution in [-0.4, -0.2) is 0 Å². The second kappa shape index (κ2) is 19.3. The molecule has 17 aromatic carbocycles. The molecule has 94 heavy (non-hydrogen) atoms. The van der Waals surface area contributed by atoms with Crippen molar-refractivity contribution in [1.29, 1.82) is 0 Å². The first-order valence-corrected chi connectivity index (χ1v) is 33.0. The molecule has 0 aromatic heterocycles. The third-order valence-corrected chi connectivity index (χ3v) is 22.0. The fraction of sp³-hybridized carbons (Fsp3) is 0.0213. The second-order valence-corrected chi connectivity index (χ2v) is 26.3. The van der Waals surface area contributed by atoms with Gasteiger partial charge in [0, 0.05) is 0 Å². The van der Waals surface area contributed by atoms with E-state index in [9.17, 15) is 0 Å². The molecule has 0 atom stereocenters. The van der Waals surface area contributed by atoms with E-state index >= 15 is 0 Å². The highest BCUT2D eigenvalue weighted by atomic mass is 14.5. The summed E-state index contributed by atoms with van der Waals surface area (Å²) < 4.78 is 0. The maximum absolute atomic E-state index is 2.62. The van der Waals surface area contributed by atoms with Gasteiger partial charge in [0.1, 0.15) is 0 Å². The largest absolute Gasteiger partial charge is 0.0725 e. The molecule has 0 amide bonds. The lowest BCUT2D eigenvalue weighted by Gasteiger charge is -2.31. The molecule has 0 unspecified atom stereocenters. The van der Waals surface area contributed by atoms with Crippen LogP contribution in [0.1, 0.15) is 44.5 Å². The Kier molecular flexibility index (Phi) is 10.6. The van der Waals surface area contributed by atoms with Gasteiger partial charge in [-0.15, -0.1) is 0 Å². The van der Waals surface area contributed by atoms with E-state index in [1.165, 1.54) is 199 Å². The van der Waals surface area contributed by atoms with Crippen molar-refractivity contribution < 1.29 is 0 Å². The van der Waals surface area contributed by atoms with Gasteiger partial charge in [-0.05, 0) is 235 Å². The van der Waals surface area contributed by atoms with Crippen LogP contribution >= 0.6 is 0 Å². The summed E-state index contributed by atoms with van der Waals surface area (Å²) in [5, 5.41) is 12.2. The number of rotatable bonds is 5. The van der Waals surface area contributed by atoms with Crippen LogP contribution in [0.2, 0.25) is 0 Å². The smallest absolute Gasteiger partial charge is 0.0622 e. The van der Waals surface area contributed by atoms with Crippen molar-refractivity contribution in [1.82, 2.24) is 0 Å². The lowest BCUT2D eigenvalue weighted by Crippen LogP contribution is -2.25. The summed E-state index contributed by atoms with van der Waals surface area (Å²) in [6.45, 7) is 0. The number of benzene rings is 17. The van der Waals surface area contributed by atoms with Crippen LogP contribution < -0.4 is 0 Å². The summed E-state index contributed by atoms with van der Waals surface area (Å²) in [6, 6.07) is 130. The first-order valence-electron chi connectivity index (χ1n) is 33.0. The minimum Gasteiger partial charge on any atom is -0.0622 e. The monoisotopic (exact) mass is 1180 g/mol. The second-order valence-electron chi connectivity index (χ2n) is 26.3. The van der Waals surface area contributed by atoms with Crippen molar-refractivity contribution in [2.45, 2.75) is 10.8 Å². The Bertz CT molecular complexity index is 6030. The first kappa shape index (κ1) is 51.7. The summed E-state index contributed by atoms with van der Waals surface area (Å²) >= 11 is 0. The van der Waals surface area contributed by atoms with Gasteiger partial charge in [-0.3, -0.25) is 0 Å². The normalized spacial score (nSPS) is 13.7. The molecule has 0 bridgehead atoms. The summed E-state index contributed by atoms with van der Waals surface area (Å²) in [7, 11) is 0. The molecule has 0 saturated heterocycles. The molecule has 432 valence electrons. The summed E-state index contributed by atoms with van der Waals surface area (Å²) in [5.74, 6) is 0. The lowest BCUT2D eigenvalue weighted by atomic mass is 9.70. The molecule has 0 saturated carbocycles. The summed E-state index contributed by atoms with van der Waals surface area (Å²) in [4.78, 5) is 0. The fourth-order valence-corrected chi connectivity index (χ4v) is 18.4. The molecule has 0 heteroatoms. The van der Waals surface area contributed by atoms with Crippen LogP contribution in [0.5, 0.6) is 0 Å². The summed E-state index contributed by atoms with van der Waals surface area (Å²) in [6.07, 6.45) is 0. The molecule has 4 aliphatic carbocycles. The maximum atomic E-state index is 2.62. The zero-order valence-electron chi connectivity index (χ0n) is 51.3. The quantitative estimate of drug-likeness (QED) is 0.119. The van der Waals surface area contributed by atoms with Gasteiger partial charge in [-0.1, -0.05) is 303 Å². The Hall–Kier alpha value is -12.0. The maximum Gasteiger partial charge on any atom is 0.0725 e. The van der Waals surface area contributed by atoms with Gasteiger partial charge in [0.15, 0.2) is 0 Å². The molecule has 0 nitrogen and oxygen atoms in total. The molecular weight excluding hydrogens is 1130 g/mol. The molecule has 4 aliphatic rings. The van der Waals surface area contributed by atoms with E-state index < -0.39 is 10.8 Å². The highest BCUT2D eigenvalue weighted by Gasteiger charge is 2.53. The van der Waals surface area contributed by atoms with Crippen molar-refractivity contribution >= 4 is 53.9 Å². The van der Waals surface area contributed by atoms with Gasteiger partial charge in [-0.2, -0.15) is 0 Å². The molecule has 0 N–H and O–H groups in total. The van der Waals surface area contributed by atoms with E-state index in [0.717, 1.165) is 0 Å². The zero-order valence-corrected chi connectivity index (χ0v) is 51.3. The van der Waals surface area contributed by atoms with Crippen molar-refractivity contribution in [2.24, 2.45) is 0 Å². The standard InChI is InChI=1S/C94H56/c1-3-23-57(24-4-1)61-45-50-75-77(52-61)90(64-47-49-73-71-35-16-22-42-86(71)94(88(73)54-64)83-39-19-13-32-68(83)69-33-14-20-40-84(69)94)79-55-76-65-29-9-10-36-74(65)92(62-44-43-58-25-7-8-28-60(58)51-62)91(59-26-5-2-6-27-59)78(76)56-80(79)89(75)63-46-48-72-70-34-15-21-41-85(70)93(87(72)53-63)81-37-17-11-30-66(81)67-31-12-18-38-82(67)93/h1-56H. The van der Waals surface area contributed by atoms with Crippen LogP contribution in [-0.2, 0) is 10.8 Å². The highest BCUT2D eigenvalue weighted by molar-refractivity contribution is 6.30. The van der Waals surface area contributed by atoms with Crippen LogP contribution in [0.4, 0.5) is 0 Å². The molecule has 17 aromatic rings. The van der Waals surface area contributed by atoms with E-state index in [4.69, 9.17) is 0 Å². The predicted molar refractivity (Wildman–Crippen MR) is 394 cm³/mol. The lowest BCUT2D eigenvalue weighted by molar-refractivity contribution is 0.794. The van der Waals surface area contributed by atoms with Crippen LogP contribution in [0, 0.1) is 0 Å². The SMILES string of the molecule is c1ccc(-c2ccc3c(-c4ccc5c(c4)C4(c6ccccc6-c6ccccc64)c4ccccc4-5)c4cc5c(-c6ccccc6)c(-c6ccc7ccccc7c6)c6ccccc6c5cc4c(-c4ccc5c(c4)C4(c6ccccc6-c6ccccc64)c4ccccc4-5)c3c2)cc1. The topological polar surface area (TPSA) is 0 Å². The highest BCUT2D eigenvalue weighted by Crippen LogP contribution is 2.66. The Morgan fingerprint density at radius 3 is 0.979 bits per heavy atom. The van der Waals surface area contributed by atoms with Crippen molar-refractivity contribution in [3.63, 3.8) is 0 Å². The Morgan fingerprint density at radius 2 is 0.468 bits per heavy atom. The molecule has 0 radical (unpaired) electrons. The molecule has 0 fully saturated rings. The summed E-state index contributed by atoms with van der Waals surface area (Å²) in [5.41, 5.74) is 32.1. The molecular formula is C94H56. The van der Waals surface area contributed by atoms with E-state index in [-0.39, 0.29) is 0 Å². The fourth-order valence-electron chi connectivity index (χ4n) is 18.4. The van der Waals surface area contributed by atoms with E-state index in [2.05, 4.69) is 340 Å². The first-order chi connectivity index (χ1) is 46.6.